The summed E-state index contributed by atoms with van der Waals surface area (Å²) in [5, 5.41) is 0.679. The molecule has 0 spiro atoms. The summed E-state index contributed by atoms with van der Waals surface area (Å²) in [6, 6.07) is 0. The molecule has 1 aliphatic rings. The average Bonchev–Trinajstić information content (AvgIpc) is 2.20. The molecule has 1 aliphatic heterocycles. The summed E-state index contributed by atoms with van der Waals surface area (Å²) >= 11 is 1.87. The van der Waals surface area contributed by atoms with Gasteiger partial charge in [0.15, 0.2) is 0 Å². The normalized spacial score (nSPS) is 18.1. The molecule has 1 rings (SSSR count). The summed E-state index contributed by atoms with van der Waals surface area (Å²) in [6.07, 6.45) is 2.77. The predicted molar refractivity (Wildman–Crippen MR) is 57.5 cm³/mol. The van der Waals surface area contributed by atoms with Gasteiger partial charge in [0.05, 0.1) is 13.0 Å². The van der Waals surface area contributed by atoms with Crippen LogP contribution in [-0.4, -0.2) is 36.8 Å². The molecule has 1 heterocycles. The molecule has 0 aromatic carbocycles. The predicted octanol–water partition coefficient (Wildman–Crippen LogP) is 1.85. The van der Waals surface area contributed by atoms with E-state index in [4.69, 9.17) is 9.47 Å². The molecule has 1 saturated heterocycles. The Labute approximate surface area is 89.5 Å². The van der Waals surface area contributed by atoms with Crippen LogP contribution in [-0.2, 0) is 14.3 Å². The maximum Gasteiger partial charge on any atom is 0.306 e. The minimum absolute atomic E-state index is 0.0768. The Hall–Kier alpha value is -0.220. The van der Waals surface area contributed by atoms with E-state index < -0.39 is 0 Å². The van der Waals surface area contributed by atoms with Crippen LogP contribution < -0.4 is 0 Å². The van der Waals surface area contributed by atoms with Gasteiger partial charge >= 0.3 is 5.97 Å². The first-order valence-corrected chi connectivity index (χ1v) is 6.22. The molecule has 0 saturated carbocycles. The second-order valence-electron chi connectivity index (χ2n) is 3.24. The number of hydrogen-bond donors (Lipinski definition) is 0. The van der Waals surface area contributed by atoms with Gasteiger partial charge in [-0.25, -0.2) is 0 Å². The third-order valence-corrected chi connectivity index (χ3v) is 3.52. The van der Waals surface area contributed by atoms with Crippen molar-refractivity contribution in [1.82, 2.24) is 0 Å². The van der Waals surface area contributed by atoms with Gasteiger partial charge in [-0.05, 0) is 19.8 Å². The molecule has 0 aromatic rings. The highest BCUT2D eigenvalue weighted by Gasteiger charge is 2.14. The van der Waals surface area contributed by atoms with Gasteiger partial charge in [-0.15, -0.1) is 0 Å². The van der Waals surface area contributed by atoms with Crippen LogP contribution in [0.25, 0.3) is 0 Å². The minimum Gasteiger partial charge on any atom is -0.466 e. The summed E-state index contributed by atoms with van der Waals surface area (Å²) in [6.45, 7) is 4.07. The average molecular weight is 218 g/mol. The highest BCUT2D eigenvalue weighted by Crippen LogP contribution is 2.22. The van der Waals surface area contributed by atoms with Crippen LogP contribution in [0.1, 0.15) is 26.2 Å². The molecule has 0 N–H and O–H groups in total. The lowest BCUT2D eigenvalue weighted by atomic mass is 10.2. The van der Waals surface area contributed by atoms with E-state index in [-0.39, 0.29) is 5.97 Å². The van der Waals surface area contributed by atoms with Gasteiger partial charge in [-0.1, -0.05) is 0 Å². The van der Waals surface area contributed by atoms with Crippen LogP contribution >= 0.6 is 11.8 Å². The molecule has 82 valence electrons. The highest BCUT2D eigenvalue weighted by molar-refractivity contribution is 7.99. The van der Waals surface area contributed by atoms with Gasteiger partial charge in [0.1, 0.15) is 0 Å². The van der Waals surface area contributed by atoms with Gasteiger partial charge in [-0.2, -0.15) is 11.8 Å². The number of esters is 1. The molecular formula is C10H18O3S. The SMILES string of the molecule is CCOC(=O)CCSC1CCOCC1. The highest BCUT2D eigenvalue weighted by atomic mass is 32.2. The first-order chi connectivity index (χ1) is 6.83. The Balaban J connectivity index is 1.99. The zero-order valence-corrected chi connectivity index (χ0v) is 9.48. The molecular weight excluding hydrogens is 200 g/mol. The number of carbonyl (C=O) groups excluding carboxylic acids is 1. The summed E-state index contributed by atoms with van der Waals surface area (Å²) in [7, 11) is 0. The van der Waals surface area contributed by atoms with Crippen LogP contribution in [0, 0.1) is 0 Å². The van der Waals surface area contributed by atoms with Crippen LogP contribution in [0.2, 0.25) is 0 Å². The largest absolute Gasteiger partial charge is 0.466 e. The van der Waals surface area contributed by atoms with Crippen molar-refractivity contribution < 1.29 is 14.3 Å². The van der Waals surface area contributed by atoms with Crippen molar-refractivity contribution in [3.63, 3.8) is 0 Å². The van der Waals surface area contributed by atoms with E-state index in [0.29, 0.717) is 18.3 Å². The molecule has 4 heteroatoms. The summed E-state index contributed by atoms with van der Waals surface area (Å²) in [5.74, 6) is 0.802. The van der Waals surface area contributed by atoms with E-state index in [1.165, 1.54) is 0 Å². The summed E-state index contributed by atoms with van der Waals surface area (Å²) in [5.41, 5.74) is 0. The van der Waals surface area contributed by atoms with E-state index >= 15 is 0 Å². The number of thioether (sulfide) groups is 1. The summed E-state index contributed by atoms with van der Waals surface area (Å²) < 4.78 is 10.1. The van der Waals surface area contributed by atoms with Crippen molar-refractivity contribution >= 4 is 17.7 Å². The van der Waals surface area contributed by atoms with Crippen molar-refractivity contribution in [1.29, 1.82) is 0 Å². The van der Waals surface area contributed by atoms with Crippen molar-refractivity contribution in [3.05, 3.63) is 0 Å². The first kappa shape index (κ1) is 11.9. The quantitative estimate of drug-likeness (QED) is 0.660. The van der Waals surface area contributed by atoms with Crippen molar-refractivity contribution in [2.75, 3.05) is 25.6 Å². The number of ether oxygens (including phenoxy) is 2. The monoisotopic (exact) mass is 218 g/mol. The third-order valence-electron chi connectivity index (χ3n) is 2.13. The fourth-order valence-electron chi connectivity index (χ4n) is 1.38. The second kappa shape index (κ2) is 7.12. The van der Waals surface area contributed by atoms with Gasteiger partial charge in [0.25, 0.3) is 0 Å². The van der Waals surface area contributed by atoms with Crippen molar-refractivity contribution in [3.8, 4) is 0 Å². The zero-order valence-electron chi connectivity index (χ0n) is 8.66. The Morgan fingerprint density at radius 3 is 2.86 bits per heavy atom. The number of rotatable bonds is 5. The van der Waals surface area contributed by atoms with Crippen molar-refractivity contribution in [2.45, 2.75) is 31.4 Å². The van der Waals surface area contributed by atoms with E-state index in [2.05, 4.69) is 0 Å². The topological polar surface area (TPSA) is 35.5 Å². The molecule has 0 bridgehead atoms. The lowest BCUT2D eigenvalue weighted by Gasteiger charge is -2.21. The van der Waals surface area contributed by atoms with Crippen LogP contribution in [0.4, 0.5) is 0 Å². The molecule has 0 aliphatic carbocycles. The first-order valence-electron chi connectivity index (χ1n) is 5.18. The van der Waals surface area contributed by atoms with E-state index in [1.807, 2.05) is 18.7 Å². The molecule has 0 atom stereocenters. The van der Waals surface area contributed by atoms with Gasteiger partial charge in [0.2, 0.25) is 0 Å². The Morgan fingerprint density at radius 1 is 1.50 bits per heavy atom. The zero-order chi connectivity index (χ0) is 10.2. The second-order valence-corrected chi connectivity index (χ2v) is 4.65. The van der Waals surface area contributed by atoms with Crippen LogP contribution in [0.5, 0.6) is 0 Å². The molecule has 14 heavy (non-hydrogen) atoms. The third kappa shape index (κ3) is 4.86. The van der Waals surface area contributed by atoms with Crippen molar-refractivity contribution in [2.24, 2.45) is 0 Å². The standard InChI is InChI=1S/C10H18O3S/c1-2-13-10(11)5-8-14-9-3-6-12-7-4-9/h9H,2-8H2,1H3. The molecule has 0 amide bonds. The molecule has 1 fully saturated rings. The fraction of sp³-hybridized carbons (Fsp3) is 0.900. The van der Waals surface area contributed by atoms with Gasteiger partial charge in [0, 0.05) is 24.2 Å². The van der Waals surface area contributed by atoms with E-state index in [1.54, 1.807) is 0 Å². The number of hydrogen-bond acceptors (Lipinski definition) is 4. The Morgan fingerprint density at radius 2 is 2.21 bits per heavy atom. The molecule has 0 aromatic heterocycles. The molecule has 0 radical (unpaired) electrons. The lowest BCUT2D eigenvalue weighted by molar-refractivity contribution is -0.142. The lowest BCUT2D eigenvalue weighted by Crippen LogP contribution is -2.18. The summed E-state index contributed by atoms with van der Waals surface area (Å²) in [4.78, 5) is 11.0. The van der Waals surface area contributed by atoms with Crippen LogP contribution in [0.3, 0.4) is 0 Å². The van der Waals surface area contributed by atoms with E-state index in [0.717, 1.165) is 31.8 Å². The smallest absolute Gasteiger partial charge is 0.306 e. The Bertz CT molecular complexity index is 167. The van der Waals surface area contributed by atoms with E-state index in [9.17, 15) is 4.79 Å². The molecule has 0 unspecified atom stereocenters. The van der Waals surface area contributed by atoms with Gasteiger partial charge in [-0.3, -0.25) is 4.79 Å². The molecule has 3 nitrogen and oxygen atoms in total. The fourth-order valence-corrected chi connectivity index (χ4v) is 2.53. The number of carbonyl (C=O) groups is 1. The van der Waals surface area contributed by atoms with Crippen LogP contribution in [0.15, 0.2) is 0 Å². The minimum atomic E-state index is -0.0768. The van der Waals surface area contributed by atoms with Gasteiger partial charge < -0.3 is 9.47 Å². The maximum absolute atomic E-state index is 11.0. The maximum atomic E-state index is 11.0. The Kier molecular flexibility index (Phi) is 6.03.